The van der Waals surface area contributed by atoms with Crippen molar-refractivity contribution in [3.8, 4) is 11.5 Å². The summed E-state index contributed by atoms with van der Waals surface area (Å²) < 4.78 is 39.8. The first-order valence-corrected chi connectivity index (χ1v) is 15.5. The summed E-state index contributed by atoms with van der Waals surface area (Å²) in [6, 6.07) is 17.2. The fraction of sp³-hybridized carbons (Fsp3) is 0.355. The third kappa shape index (κ3) is 7.95. The fourth-order valence-electron chi connectivity index (χ4n) is 4.27. The van der Waals surface area contributed by atoms with Gasteiger partial charge in [0.05, 0.1) is 24.8 Å². The quantitative estimate of drug-likeness (QED) is 0.250. The minimum atomic E-state index is -4.27. The van der Waals surface area contributed by atoms with E-state index in [1.807, 2.05) is 13.8 Å². The lowest BCUT2D eigenvalue weighted by atomic mass is 10.1. The molecule has 0 heterocycles. The van der Waals surface area contributed by atoms with Gasteiger partial charge in [-0.3, -0.25) is 13.9 Å². The van der Waals surface area contributed by atoms with Crippen LogP contribution in [0, 0.1) is 6.92 Å². The topological polar surface area (TPSA) is 105 Å². The zero-order valence-corrected chi connectivity index (χ0v) is 26.2. The summed E-state index contributed by atoms with van der Waals surface area (Å²) in [5, 5.41) is 3.30. The Balaban J connectivity index is 2.05. The van der Waals surface area contributed by atoms with Crippen molar-refractivity contribution < 1.29 is 27.5 Å². The maximum atomic E-state index is 14.1. The molecule has 0 aliphatic heterocycles. The van der Waals surface area contributed by atoms with Crippen molar-refractivity contribution in [2.45, 2.75) is 51.1 Å². The van der Waals surface area contributed by atoms with Crippen LogP contribution >= 0.6 is 11.6 Å². The zero-order chi connectivity index (χ0) is 30.9. The van der Waals surface area contributed by atoms with Crippen LogP contribution in [-0.4, -0.2) is 58.5 Å². The molecule has 226 valence electrons. The van der Waals surface area contributed by atoms with Gasteiger partial charge in [-0.2, -0.15) is 0 Å². The number of benzene rings is 3. The molecule has 0 unspecified atom stereocenters. The largest absolute Gasteiger partial charge is 0.493 e. The highest BCUT2D eigenvalue weighted by Gasteiger charge is 2.33. The van der Waals surface area contributed by atoms with Crippen molar-refractivity contribution in [3.05, 3.63) is 82.9 Å². The van der Waals surface area contributed by atoms with Crippen molar-refractivity contribution in [2.24, 2.45) is 0 Å². The van der Waals surface area contributed by atoms with Crippen LogP contribution < -0.4 is 19.1 Å². The van der Waals surface area contributed by atoms with Gasteiger partial charge in [-0.15, -0.1) is 0 Å². The molecule has 0 radical (unpaired) electrons. The van der Waals surface area contributed by atoms with E-state index in [0.29, 0.717) is 28.6 Å². The summed E-state index contributed by atoms with van der Waals surface area (Å²) in [4.78, 5) is 28.4. The third-order valence-electron chi connectivity index (χ3n) is 6.84. The SMILES string of the molecule is CCCCNC(=O)[C@H](C)N(Cc1ccccc1Cl)C(=O)CN(c1ccc(C)cc1)S(=O)(=O)c1ccc(OC)c(OC)c1. The van der Waals surface area contributed by atoms with Crippen molar-refractivity contribution in [1.82, 2.24) is 10.2 Å². The molecule has 2 amide bonds. The summed E-state index contributed by atoms with van der Waals surface area (Å²) in [5.41, 5.74) is 1.85. The van der Waals surface area contributed by atoms with E-state index < -0.39 is 28.5 Å². The van der Waals surface area contributed by atoms with Crippen LogP contribution in [-0.2, 0) is 26.2 Å². The average Bonchev–Trinajstić information content (AvgIpc) is 2.99. The minimum absolute atomic E-state index is 0.0129. The summed E-state index contributed by atoms with van der Waals surface area (Å²) in [5.74, 6) is -0.319. The molecule has 3 rings (SSSR count). The number of rotatable bonds is 14. The molecule has 0 bridgehead atoms. The maximum absolute atomic E-state index is 14.1. The number of sulfonamides is 1. The van der Waals surface area contributed by atoms with Crippen LogP contribution in [0.25, 0.3) is 0 Å². The van der Waals surface area contributed by atoms with Gasteiger partial charge in [-0.25, -0.2) is 8.42 Å². The summed E-state index contributed by atoms with van der Waals surface area (Å²) in [6.07, 6.45) is 1.69. The predicted octanol–water partition coefficient (Wildman–Crippen LogP) is 5.19. The number of hydrogen-bond acceptors (Lipinski definition) is 6. The Bertz CT molecular complexity index is 1480. The minimum Gasteiger partial charge on any atom is -0.493 e. The highest BCUT2D eigenvalue weighted by Crippen LogP contribution is 2.32. The number of amides is 2. The van der Waals surface area contributed by atoms with Crippen molar-refractivity contribution in [1.29, 1.82) is 0 Å². The van der Waals surface area contributed by atoms with E-state index in [1.165, 1.54) is 37.3 Å². The maximum Gasteiger partial charge on any atom is 0.264 e. The van der Waals surface area contributed by atoms with E-state index in [4.69, 9.17) is 21.1 Å². The molecule has 0 saturated heterocycles. The Morgan fingerprint density at radius 1 is 0.976 bits per heavy atom. The number of carbonyl (C=O) groups excluding carboxylic acids is 2. The molecule has 3 aromatic carbocycles. The molecule has 0 aromatic heterocycles. The number of hydrogen-bond donors (Lipinski definition) is 1. The average molecular weight is 616 g/mol. The Hall–Kier alpha value is -3.76. The van der Waals surface area contributed by atoms with Crippen LogP contribution in [0.4, 0.5) is 5.69 Å². The number of nitrogens with one attached hydrogen (secondary N) is 1. The van der Waals surface area contributed by atoms with Gasteiger partial charge < -0.3 is 19.7 Å². The normalized spacial score (nSPS) is 11.9. The first-order valence-electron chi connectivity index (χ1n) is 13.7. The summed E-state index contributed by atoms with van der Waals surface area (Å²) in [6.45, 7) is 5.44. The first kappa shape index (κ1) is 32.8. The molecule has 0 fully saturated rings. The van der Waals surface area contributed by atoms with Crippen LogP contribution in [0.1, 0.15) is 37.8 Å². The van der Waals surface area contributed by atoms with Gasteiger partial charge >= 0.3 is 0 Å². The van der Waals surface area contributed by atoms with Gasteiger partial charge in [0, 0.05) is 24.2 Å². The second-order valence-electron chi connectivity index (χ2n) is 9.80. The smallest absolute Gasteiger partial charge is 0.264 e. The number of aryl methyl sites for hydroxylation is 1. The monoisotopic (exact) mass is 615 g/mol. The fourth-order valence-corrected chi connectivity index (χ4v) is 5.90. The molecule has 11 heteroatoms. The Morgan fingerprint density at radius 3 is 2.26 bits per heavy atom. The number of halogens is 1. The number of unbranched alkanes of at least 4 members (excludes halogenated alkanes) is 1. The van der Waals surface area contributed by atoms with E-state index in [9.17, 15) is 18.0 Å². The van der Waals surface area contributed by atoms with E-state index in [-0.39, 0.29) is 23.1 Å². The molecular formula is C31H38ClN3O6S. The van der Waals surface area contributed by atoms with Crippen molar-refractivity contribution >= 4 is 39.1 Å². The number of anilines is 1. The predicted molar refractivity (Wildman–Crippen MR) is 165 cm³/mol. The lowest BCUT2D eigenvalue weighted by molar-refractivity contribution is -0.139. The molecule has 42 heavy (non-hydrogen) atoms. The number of carbonyl (C=O) groups is 2. The summed E-state index contributed by atoms with van der Waals surface area (Å²) >= 11 is 6.42. The first-order chi connectivity index (χ1) is 20.0. The second kappa shape index (κ2) is 14.9. The molecule has 0 aliphatic rings. The van der Waals surface area contributed by atoms with Gasteiger partial charge in [0.25, 0.3) is 10.0 Å². The molecule has 9 nitrogen and oxygen atoms in total. The molecule has 3 aromatic rings. The second-order valence-corrected chi connectivity index (χ2v) is 12.1. The highest BCUT2D eigenvalue weighted by molar-refractivity contribution is 7.92. The van der Waals surface area contributed by atoms with Gasteiger partial charge in [0.15, 0.2) is 11.5 Å². The molecule has 0 spiro atoms. The molecule has 0 saturated carbocycles. The molecule has 1 atom stereocenters. The Kier molecular flexibility index (Phi) is 11.6. The van der Waals surface area contributed by atoms with Crippen LogP contribution in [0.3, 0.4) is 0 Å². The van der Waals surface area contributed by atoms with Gasteiger partial charge in [0.2, 0.25) is 11.8 Å². The van der Waals surface area contributed by atoms with Crippen LogP contribution in [0.5, 0.6) is 11.5 Å². The summed E-state index contributed by atoms with van der Waals surface area (Å²) in [7, 11) is -1.41. The number of methoxy groups -OCH3 is 2. The van der Waals surface area contributed by atoms with E-state index in [0.717, 1.165) is 22.7 Å². The number of ether oxygens (including phenoxy) is 2. The van der Waals surface area contributed by atoms with Gasteiger partial charge in [-0.05, 0) is 56.2 Å². The third-order valence-corrected chi connectivity index (χ3v) is 8.98. The van der Waals surface area contributed by atoms with Crippen molar-refractivity contribution in [2.75, 3.05) is 31.6 Å². The van der Waals surface area contributed by atoms with Crippen LogP contribution in [0.15, 0.2) is 71.6 Å². The van der Waals surface area contributed by atoms with Crippen LogP contribution in [0.2, 0.25) is 5.02 Å². The van der Waals surface area contributed by atoms with E-state index >= 15 is 0 Å². The number of nitrogens with zero attached hydrogens (tertiary/aromatic N) is 2. The Morgan fingerprint density at radius 2 is 1.64 bits per heavy atom. The lowest BCUT2D eigenvalue weighted by Gasteiger charge is -2.32. The van der Waals surface area contributed by atoms with E-state index in [1.54, 1.807) is 55.5 Å². The zero-order valence-electron chi connectivity index (χ0n) is 24.6. The lowest BCUT2D eigenvalue weighted by Crippen LogP contribution is -2.51. The Labute approximate surface area is 253 Å². The van der Waals surface area contributed by atoms with Gasteiger partial charge in [-0.1, -0.05) is 60.8 Å². The van der Waals surface area contributed by atoms with E-state index in [2.05, 4.69) is 5.32 Å². The molecule has 1 N–H and O–H groups in total. The molecular weight excluding hydrogens is 578 g/mol. The van der Waals surface area contributed by atoms with Gasteiger partial charge in [0.1, 0.15) is 12.6 Å². The highest BCUT2D eigenvalue weighted by atomic mass is 35.5. The van der Waals surface area contributed by atoms with Crippen molar-refractivity contribution in [3.63, 3.8) is 0 Å². The standard InChI is InChI=1S/C31H38ClN3O6S/c1-6-7-18-33-31(37)23(3)34(20-24-10-8-9-11-27(24)32)30(36)21-35(25-14-12-22(2)13-15-25)42(38,39)26-16-17-28(40-4)29(19-26)41-5/h8-17,19,23H,6-7,18,20-21H2,1-5H3,(H,33,37)/t23-/m0/s1. The molecule has 0 aliphatic carbocycles.